The van der Waals surface area contributed by atoms with E-state index in [4.69, 9.17) is 9.47 Å². The van der Waals surface area contributed by atoms with Gasteiger partial charge in [-0.25, -0.2) is 0 Å². The van der Waals surface area contributed by atoms with Crippen LogP contribution in [0.4, 0.5) is 5.13 Å². The summed E-state index contributed by atoms with van der Waals surface area (Å²) in [6.45, 7) is 2.55. The molecule has 0 fully saturated rings. The number of ether oxygens (including phenoxy) is 2. The fraction of sp³-hybridized carbons (Fsp3) is 0.636. The Morgan fingerprint density at radius 3 is 2.71 bits per heavy atom. The summed E-state index contributed by atoms with van der Waals surface area (Å²) in [6.07, 6.45) is 0.776. The van der Waals surface area contributed by atoms with Crippen LogP contribution in [-0.4, -0.2) is 47.1 Å². The topological polar surface area (TPSA) is 82.1 Å². The fourth-order valence-electron chi connectivity index (χ4n) is 1.55. The molecule has 0 saturated carbocycles. The van der Waals surface area contributed by atoms with Gasteiger partial charge in [-0.2, -0.15) is 11.8 Å². The monoisotopic (exact) mass is 347 g/mol. The predicted molar refractivity (Wildman–Crippen MR) is 86.4 cm³/mol. The van der Waals surface area contributed by atoms with Crippen molar-refractivity contribution in [3.8, 4) is 5.19 Å². The molecule has 0 aliphatic carbocycles. The molecule has 0 aliphatic heterocycles. The van der Waals surface area contributed by atoms with Crippen LogP contribution in [0.2, 0.25) is 0 Å². The van der Waals surface area contributed by atoms with E-state index in [0.29, 0.717) is 11.9 Å². The molecule has 0 amide bonds. The van der Waals surface area contributed by atoms with Crippen LogP contribution >= 0.6 is 34.4 Å². The lowest BCUT2D eigenvalue weighted by atomic mass is 10.3. The molecule has 2 rings (SSSR count). The second kappa shape index (κ2) is 8.47. The number of nitrogens with zero attached hydrogens (tertiary/aromatic N) is 4. The molecule has 10 heteroatoms. The maximum Gasteiger partial charge on any atom is 0.293 e. The molecule has 0 spiro atoms. The van der Waals surface area contributed by atoms with E-state index in [1.807, 2.05) is 11.8 Å². The summed E-state index contributed by atoms with van der Waals surface area (Å²) in [7, 11) is 3.23. The minimum Gasteiger partial charge on any atom is -0.472 e. The van der Waals surface area contributed by atoms with Gasteiger partial charge in [0.15, 0.2) is 0 Å². The average molecular weight is 347 g/mol. The van der Waals surface area contributed by atoms with Crippen molar-refractivity contribution in [2.45, 2.75) is 18.6 Å². The molecule has 0 aromatic carbocycles. The van der Waals surface area contributed by atoms with Gasteiger partial charge in [0.05, 0.1) is 12.4 Å². The van der Waals surface area contributed by atoms with E-state index in [0.717, 1.165) is 27.3 Å². The van der Waals surface area contributed by atoms with Gasteiger partial charge in [-0.1, -0.05) is 29.6 Å². The first kappa shape index (κ1) is 16.4. The van der Waals surface area contributed by atoms with E-state index in [1.165, 1.54) is 11.3 Å². The van der Waals surface area contributed by atoms with Crippen LogP contribution in [0.5, 0.6) is 5.19 Å². The highest BCUT2D eigenvalue weighted by Gasteiger charge is 2.20. The number of nitrogens with one attached hydrogen (secondary N) is 1. The van der Waals surface area contributed by atoms with Crippen molar-refractivity contribution >= 4 is 39.6 Å². The Hall–Kier alpha value is -0.970. The minimum atomic E-state index is 0.225. The number of thioether (sulfide) groups is 1. The molecule has 0 bridgehead atoms. The van der Waals surface area contributed by atoms with E-state index in [-0.39, 0.29) is 5.25 Å². The van der Waals surface area contributed by atoms with Crippen LogP contribution in [0.15, 0.2) is 0 Å². The largest absolute Gasteiger partial charge is 0.472 e. The molecule has 2 aromatic rings. The van der Waals surface area contributed by atoms with Gasteiger partial charge in [0.2, 0.25) is 5.13 Å². The second-order valence-electron chi connectivity index (χ2n) is 3.87. The third-order valence-corrected chi connectivity index (χ3v) is 5.61. The molecule has 2 heterocycles. The van der Waals surface area contributed by atoms with Gasteiger partial charge < -0.3 is 14.8 Å². The Kier molecular flexibility index (Phi) is 6.61. The molecule has 7 nitrogen and oxygen atoms in total. The predicted octanol–water partition coefficient (Wildman–Crippen LogP) is 2.45. The molecule has 0 saturated heterocycles. The maximum absolute atomic E-state index is 5.08. The van der Waals surface area contributed by atoms with Crippen molar-refractivity contribution in [1.82, 2.24) is 20.4 Å². The Bertz CT molecular complexity index is 547. The van der Waals surface area contributed by atoms with Crippen molar-refractivity contribution in [3.05, 3.63) is 10.0 Å². The van der Waals surface area contributed by atoms with Gasteiger partial charge >= 0.3 is 0 Å². The number of aromatic nitrogens is 4. The van der Waals surface area contributed by atoms with Gasteiger partial charge in [-0.05, 0) is 5.75 Å². The van der Waals surface area contributed by atoms with Crippen molar-refractivity contribution in [2.24, 2.45) is 0 Å². The zero-order valence-electron chi connectivity index (χ0n) is 12.0. The number of anilines is 1. The second-order valence-corrected chi connectivity index (χ2v) is 7.38. The first-order valence-corrected chi connectivity index (χ1v) is 8.99. The van der Waals surface area contributed by atoms with Gasteiger partial charge in [0.1, 0.15) is 16.7 Å². The first-order valence-electron chi connectivity index (χ1n) is 6.31. The van der Waals surface area contributed by atoms with Gasteiger partial charge in [-0.15, -0.1) is 20.4 Å². The lowest BCUT2D eigenvalue weighted by molar-refractivity contribution is 0.221. The van der Waals surface area contributed by atoms with Crippen molar-refractivity contribution in [1.29, 1.82) is 0 Å². The summed E-state index contributed by atoms with van der Waals surface area (Å²) in [5.74, 6) is 1.00. The highest BCUT2D eigenvalue weighted by atomic mass is 32.2. The van der Waals surface area contributed by atoms with E-state index in [9.17, 15) is 0 Å². The Morgan fingerprint density at radius 1 is 1.19 bits per heavy atom. The lowest BCUT2D eigenvalue weighted by Crippen LogP contribution is -2.01. The minimum absolute atomic E-state index is 0.225. The Balaban J connectivity index is 2.05. The van der Waals surface area contributed by atoms with Crippen LogP contribution in [-0.2, 0) is 11.2 Å². The quantitative estimate of drug-likeness (QED) is 0.693. The summed E-state index contributed by atoms with van der Waals surface area (Å²) in [6, 6.07) is 0. The summed E-state index contributed by atoms with van der Waals surface area (Å²) in [5, 5.41) is 23.1. The van der Waals surface area contributed by atoms with Crippen molar-refractivity contribution in [2.75, 3.05) is 32.0 Å². The van der Waals surface area contributed by atoms with Gasteiger partial charge in [0.25, 0.3) is 5.19 Å². The molecule has 116 valence electrons. The Labute approximate surface area is 135 Å². The normalized spacial score (nSPS) is 12.3. The molecular formula is C11H17N5O2S3. The first-order chi connectivity index (χ1) is 10.3. The van der Waals surface area contributed by atoms with E-state index in [1.54, 1.807) is 25.6 Å². The summed E-state index contributed by atoms with van der Waals surface area (Å²) < 4.78 is 10.0. The molecule has 0 radical (unpaired) electrons. The Morgan fingerprint density at radius 2 is 2.05 bits per heavy atom. The average Bonchev–Trinajstić information content (AvgIpc) is 3.13. The smallest absolute Gasteiger partial charge is 0.293 e. The number of methoxy groups -OCH3 is 2. The molecule has 2 aromatic heterocycles. The standard InChI is InChI=1S/C11H17N5O2S3/c1-4-19-7(5-8-13-16-11(18-3)20-8)9-14-15-10(21-9)12-6-17-2/h7H,4-6H2,1-3H3,(H,12,15). The van der Waals surface area contributed by atoms with Crippen LogP contribution in [0.25, 0.3) is 0 Å². The van der Waals surface area contributed by atoms with Crippen LogP contribution < -0.4 is 10.1 Å². The number of hydrogen-bond acceptors (Lipinski definition) is 10. The molecule has 1 N–H and O–H groups in total. The van der Waals surface area contributed by atoms with Gasteiger partial charge in [0, 0.05) is 13.5 Å². The van der Waals surface area contributed by atoms with Crippen LogP contribution in [0.3, 0.4) is 0 Å². The highest BCUT2D eigenvalue weighted by Crippen LogP contribution is 2.36. The van der Waals surface area contributed by atoms with Crippen molar-refractivity contribution in [3.63, 3.8) is 0 Å². The number of rotatable bonds is 9. The lowest BCUT2D eigenvalue weighted by Gasteiger charge is -2.09. The molecule has 0 aliphatic rings. The molecule has 21 heavy (non-hydrogen) atoms. The van der Waals surface area contributed by atoms with Crippen LogP contribution in [0, 0.1) is 0 Å². The molecule has 1 atom stereocenters. The van der Waals surface area contributed by atoms with Gasteiger partial charge in [-0.3, -0.25) is 0 Å². The molecule has 1 unspecified atom stereocenters. The van der Waals surface area contributed by atoms with E-state index >= 15 is 0 Å². The van der Waals surface area contributed by atoms with Crippen LogP contribution in [0.1, 0.15) is 22.2 Å². The SMILES string of the molecule is CCSC(Cc1nnc(OC)s1)c1nnc(NCOC)s1. The fourth-order valence-corrected chi connectivity index (χ4v) is 4.28. The summed E-state index contributed by atoms with van der Waals surface area (Å²) in [4.78, 5) is 0. The maximum atomic E-state index is 5.08. The number of hydrogen-bond donors (Lipinski definition) is 1. The summed E-state index contributed by atoms with van der Waals surface area (Å²) >= 11 is 4.83. The van der Waals surface area contributed by atoms with E-state index < -0.39 is 0 Å². The zero-order valence-corrected chi connectivity index (χ0v) is 14.5. The van der Waals surface area contributed by atoms with E-state index in [2.05, 4.69) is 32.6 Å². The zero-order chi connectivity index (χ0) is 15.1. The van der Waals surface area contributed by atoms with Crippen molar-refractivity contribution < 1.29 is 9.47 Å². The summed E-state index contributed by atoms with van der Waals surface area (Å²) in [5.41, 5.74) is 0. The molecular weight excluding hydrogens is 330 g/mol. The third-order valence-electron chi connectivity index (χ3n) is 2.43. The third kappa shape index (κ3) is 4.77. The highest BCUT2D eigenvalue weighted by molar-refractivity contribution is 7.99.